The van der Waals surface area contributed by atoms with Crippen LogP contribution in [0.3, 0.4) is 0 Å². The highest BCUT2D eigenvalue weighted by molar-refractivity contribution is 5.92. The second kappa shape index (κ2) is 7.98. The number of aromatic nitrogens is 4. The predicted octanol–water partition coefficient (Wildman–Crippen LogP) is 3.33. The molecule has 4 rings (SSSR count). The van der Waals surface area contributed by atoms with Crippen molar-refractivity contribution in [3.05, 3.63) is 76.0 Å². The van der Waals surface area contributed by atoms with Gasteiger partial charge in [-0.05, 0) is 54.0 Å². The van der Waals surface area contributed by atoms with Gasteiger partial charge in [0.2, 0.25) is 5.95 Å². The average Bonchev–Trinajstić information content (AvgIpc) is 3.20. The number of carbonyl (C=O) groups excluding carboxylic acids is 1. The number of para-hydroxylation sites is 1. The molecule has 1 aliphatic rings. The number of hydrogen-bond donors (Lipinski definition) is 1. The van der Waals surface area contributed by atoms with Crippen LogP contribution in [0.5, 0.6) is 5.75 Å². The first-order valence-corrected chi connectivity index (χ1v) is 9.62. The molecule has 0 bridgehead atoms. The molecule has 1 aromatic heterocycles. The fraction of sp³-hybridized carbons (Fsp3) is 0.273. The van der Waals surface area contributed by atoms with Crippen LogP contribution in [0.25, 0.3) is 0 Å². The lowest BCUT2D eigenvalue weighted by Crippen LogP contribution is -2.30. The van der Waals surface area contributed by atoms with Gasteiger partial charge in [0.25, 0.3) is 0 Å². The summed E-state index contributed by atoms with van der Waals surface area (Å²) in [7, 11) is 1.59. The van der Waals surface area contributed by atoms with Gasteiger partial charge < -0.3 is 14.8 Å². The van der Waals surface area contributed by atoms with Crippen LogP contribution in [0, 0.1) is 13.8 Å². The van der Waals surface area contributed by atoms with E-state index in [1.54, 1.807) is 11.8 Å². The number of benzene rings is 2. The van der Waals surface area contributed by atoms with Gasteiger partial charge in [-0.15, -0.1) is 0 Å². The Balaban J connectivity index is 1.72. The van der Waals surface area contributed by atoms with Crippen LogP contribution >= 0.6 is 0 Å². The summed E-state index contributed by atoms with van der Waals surface area (Å²) in [6, 6.07) is 13.0. The number of fused-ring (bicyclic) bond motifs is 1. The van der Waals surface area contributed by atoms with Gasteiger partial charge in [-0.3, -0.25) is 0 Å². The maximum Gasteiger partial charge on any atom is 0.338 e. The third-order valence-electron chi connectivity index (χ3n) is 5.30. The first-order chi connectivity index (χ1) is 14.5. The molecule has 154 valence electrons. The molecule has 8 heteroatoms. The molecule has 0 radical (unpaired) electrons. The molecule has 0 saturated carbocycles. The maximum absolute atomic E-state index is 13.3. The van der Waals surface area contributed by atoms with Gasteiger partial charge >= 0.3 is 5.97 Å². The molecule has 0 amide bonds. The molecule has 1 atom stereocenters. The molecular formula is C22H23N5O3. The normalized spacial score (nSPS) is 15.4. The molecule has 3 aromatic rings. The Bertz CT molecular complexity index is 1120. The Labute approximate surface area is 174 Å². The molecule has 8 nitrogen and oxygen atoms in total. The van der Waals surface area contributed by atoms with Crippen molar-refractivity contribution in [2.24, 2.45) is 0 Å². The number of methoxy groups -OCH3 is 1. The van der Waals surface area contributed by atoms with Crippen molar-refractivity contribution in [3.8, 4) is 5.75 Å². The number of ether oxygens (including phenoxy) is 2. The lowest BCUT2D eigenvalue weighted by molar-refractivity contribution is -0.140. The molecule has 1 unspecified atom stereocenters. The zero-order valence-electron chi connectivity index (χ0n) is 17.3. The summed E-state index contributed by atoms with van der Waals surface area (Å²) < 4.78 is 12.7. The van der Waals surface area contributed by atoms with Crippen LogP contribution in [0.2, 0.25) is 0 Å². The summed E-state index contributed by atoms with van der Waals surface area (Å²) in [6.07, 6.45) is 0. The molecule has 1 aliphatic heterocycles. The number of carbonyl (C=O) groups is 1. The zero-order valence-corrected chi connectivity index (χ0v) is 17.3. The number of nitrogens with one attached hydrogen (secondary N) is 1. The summed E-state index contributed by atoms with van der Waals surface area (Å²) in [6.45, 7) is 5.96. The van der Waals surface area contributed by atoms with E-state index in [0.29, 0.717) is 23.0 Å². The number of hydrogen-bond acceptors (Lipinski definition) is 7. The van der Waals surface area contributed by atoms with Gasteiger partial charge in [-0.1, -0.05) is 41.5 Å². The first-order valence-electron chi connectivity index (χ1n) is 9.62. The Kier molecular flexibility index (Phi) is 5.22. The fourth-order valence-corrected chi connectivity index (χ4v) is 3.85. The van der Waals surface area contributed by atoms with Crippen molar-refractivity contribution in [2.45, 2.75) is 33.4 Å². The number of anilines is 1. The largest absolute Gasteiger partial charge is 0.496 e. The number of esters is 1. The predicted molar refractivity (Wildman–Crippen MR) is 111 cm³/mol. The lowest BCUT2D eigenvalue weighted by atomic mass is 9.89. The Morgan fingerprint density at radius 1 is 1.10 bits per heavy atom. The van der Waals surface area contributed by atoms with Gasteiger partial charge in [-0.25, -0.2) is 4.79 Å². The van der Waals surface area contributed by atoms with Crippen LogP contribution in [-0.4, -0.2) is 33.3 Å². The van der Waals surface area contributed by atoms with E-state index >= 15 is 0 Å². The summed E-state index contributed by atoms with van der Waals surface area (Å²) in [5.74, 6) is 0.730. The molecule has 2 heterocycles. The highest BCUT2D eigenvalue weighted by Crippen LogP contribution is 2.38. The van der Waals surface area contributed by atoms with Gasteiger partial charge in [0, 0.05) is 11.3 Å². The molecule has 1 N–H and O–H groups in total. The first kappa shape index (κ1) is 19.6. The van der Waals surface area contributed by atoms with Crippen molar-refractivity contribution in [3.63, 3.8) is 0 Å². The minimum atomic E-state index is -0.484. The number of nitrogens with zero attached hydrogens (tertiary/aromatic N) is 4. The third kappa shape index (κ3) is 3.41. The molecule has 0 fully saturated rings. The van der Waals surface area contributed by atoms with E-state index in [1.165, 1.54) is 0 Å². The van der Waals surface area contributed by atoms with Crippen LogP contribution < -0.4 is 10.1 Å². The van der Waals surface area contributed by atoms with Crippen molar-refractivity contribution >= 4 is 11.9 Å². The van der Waals surface area contributed by atoms with Gasteiger partial charge in [0.05, 0.1) is 12.7 Å². The van der Waals surface area contributed by atoms with E-state index in [2.05, 4.69) is 20.8 Å². The lowest BCUT2D eigenvalue weighted by Gasteiger charge is -2.29. The summed E-state index contributed by atoms with van der Waals surface area (Å²) >= 11 is 0. The van der Waals surface area contributed by atoms with Crippen LogP contribution in [0.4, 0.5) is 5.95 Å². The Morgan fingerprint density at radius 3 is 2.57 bits per heavy atom. The van der Waals surface area contributed by atoms with Crippen LogP contribution in [0.15, 0.2) is 53.7 Å². The van der Waals surface area contributed by atoms with Crippen LogP contribution in [0.1, 0.15) is 35.2 Å². The molecule has 30 heavy (non-hydrogen) atoms. The zero-order chi connectivity index (χ0) is 21.3. The molecule has 2 aromatic carbocycles. The van der Waals surface area contributed by atoms with Crippen molar-refractivity contribution in [2.75, 3.05) is 12.4 Å². The van der Waals surface area contributed by atoms with Gasteiger partial charge in [0.1, 0.15) is 18.4 Å². The van der Waals surface area contributed by atoms with E-state index in [9.17, 15) is 4.79 Å². The minimum Gasteiger partial charge on any atom is -0.496 e. The second-order valence-corrected chi connectivity index (χ2v) is 7.21. The summed E-state index contributed by atoms with van der Waals surface area (Å²) in [5, 5.41) is 15.1. The fourth-order valence-electron chi connectivity index (χ4n) is 3.85. The topological polar surface area (TPSA) is 91.2 Å². The number of rotatable bonds is 5. The number of aryl methyl sites for hydroxylation is 2. The Morgan fingerprint density at radius 2 is 1.83 bits per heavy atom. The van der Waals surface area contributed by atoms with E-state index in [1.807, 2.05) is 63.2 Å². The highest BCUT2D eigenvalue weighted by atomic mass is 16.5. The van der Waals surface area contributed by atoms with Crippen molar-refractivity contribution in [1.29, 1.82) is 0 Å². The van der Waals surface area contributed by atoms with E-state index in [-0.39, 0.29) is 6.61 Å². The highest BCUT2D eigenvalue weighted by Gasteiger charge is 2.36. The Hall–Kier alpha value is -3.68. The molecular weight excluding hydrogens is 382 g/mol. The SMILES string of the molecule is COc1ccccc1COC(=O)C1=C(C)Nc2nnnn2C1c1c(C)cccc1C. The van der Waals surface area contributed by atoms with Gasteiger partial charge in [0.15, 0.2) is 0 Å². The molecule has 0 saturated heterocycles. The maximum atomic E-state index is 13.3. The third-order valence-corrected chi connectivity index (χ3v) is 5.30. The van der Waals surface area contributed by atoms with Crippen LogP contribution in [-0.2, 0) is 16.1 Å². The average molecular weight is 405 g/mol. The standard InChI is InChI=1S/C22H23N5O3/c1-13-8-7-9-14(2)18(13)20-19(15(3)23-22-24-25-26-27(20)22)21(28)30-12-16-10-5-6-11-17(16)29-4/h5-11,20H,12H2,1-4H3,(H,23,24,26). The van der Waals surface area contributed by atoms with Gasteiger partial charge in [-0.2, -0.15) is 4.68 Å². The number of tetrazole rings is 1. The summed E-state index contributed by atoms with van der Waals surface area (Å²) in [4.78, 5) is 13.3. The minimum absolute atomic E-state index is 0.0988. The monoisotopic (exact) mass is 405 g/mol. The van der Waals surface area contributed by atoms with E-state index in [4.69, 9.17) is 9.47 Å². The van der Waals surface area contributed by atoms with Crippen molar-refractivity contribution in [1.82, 2.24) is 20.2 Å². The van der Waals surface area contributed by atoms with E-state index in [0.717, 1.165) is 22.3 Å². The second-order valence-electron chi connectivity index (χ2n) is 7.21. The molecule has 0 aliphatic carbocycles. The van der Waals surface area contributed by atoms with E-state index < -0.39 is 12.0 Å². The quantitative estimate of drug-likeness (QED) is 0.651. The number of allylic oxidation sites excluding steroid dienone is 1. The van der Waals surface area contributed by atoms with Crippen molar-refractivity contribution < 1.29 is 14.3 Å². The summed E-state index contributed by atoms with van der Waals surface area (Å²) in [5.41, 5.74) is 5.01. The smallest absolute Gasteiger partial charge is 0.338 e. The molecule has 0 spiro atoms.